The number of carboxylic acids is 1. The molecule has 1 aromatic heterocycles. The fourth-order valence-corrected chi connectivity index (χ4v) is 2.41. The summed E-state index contributed by atoms with van der Waals surface area (Å²) in [5.41, 5.74) is 2.37. The largest absolute Gasteiger partial charge is 0.477 e. The van der Waals surface area contributed by atoms with E-state index in [0.29, 0.717) is 11.3 Å². The van der Waals surface area contributed by atoms with Gasteiger partial charge in [0.05, 0.1) is 10.6 Å². The molecule has 2 rings (SSSR count). The van der Waals surface area contributed by atoms with Crippen LogP contribution in [0.15, 0.2) is 30.3 Å². The van der Waals surface area contributed by atoms with Crippen LogP contribution in [0.1, 0.15) is 35.5 Å². The molecule has 0 unspecified atom stereocenters. The van der Waals surface area contributed by atoms with Gasteiger partial charge in [-0.2, -0.15) is 0 Å². The molecule has 0 amide bonds. The van der Waals surface area contributed by atoms with Gasteiger partial charge in [-0.3, -0.25) is 0 Å². The maximum Gasteiger partial charge on any atom is 0.354 e. The fraction of sp³-hybridized carbons (Fsp3) is 0.235. The highest BCUT2D eigenvalue weighted by atomic mass is 35.5. The van der Waals surface area contributed by atoms with Crippen LogP contribution in [0.5, 0.6) is 0 Å². The molecule has 0 aliphatic rings. The minimum Gasteiger partial charge on any atom is -0.477 e. The summed E-state index contributed by atoms with van der Waals surface area (Å²) < 4.78 is 0. The van der Waals surface area contributed by atoms with Gasteiger partial charge < -0.3 is 15.8 Å². The highest BCUT2D eigenvalue weighted by Gasteiger charge is 2.20. The van der Waals surface area contributed by atoms with Gasteiger partial charge in [-0.25, -0.2) is 9.78 Å². The number of hydrogen-bond donors (Lipinski definition) is 3. The van der Waals surface area contributed by atoms with Crippen LogP contribution in [0.3, 0.4) is 0 Å². The Balaban J connectivity index is 2.57. The molecular weight excluding hydrogens is 314 g/mol. The number of aromatic nitrogens is 1. The third kappa shape index (κ3) is 3.87. The average Bonchev–Trinajstić information content (AvgIpc) is 2.46. The highest BCUT2D eigenvalue weighted by molar-refractivity contribution is 6.35. The molecule has 6 heteroatoms. The minimum absolute atomic E-state index is 0.0666. The lowest BCUT2D eigenvalue weighted by Crippen LogP contribution is -2.14. The van der Waals surface area contributed by atoms with Crippen molar-refractivity contribution in [2.45, 2.75) is 20.8 Å². The lowest BCUT2D eigenvalue weighted by molar-refractivity contribution is 0.0690. The summed E-state index contributed by atoms with van der Waals surface area (Å²) in [5.74, 6) is -0.955. The molecule has 0 atom stereocenters. The van der Waals surface area contributed by atoms with Crippen LogP contribution in [0, 0.1) is 18.3 Å². The maximum absolute atomic E-state index is 11.2. The number of halogens is 1. The first-order valence-electron chi connectivity index (χ1n) is 7.16. The standard InChI is InChI=1S/C17H18ClN3O2/c1-9(2)15(19)14-12(18)8-13(17(22)23)21-16(14)20-11-6-4-5-10(3)7-11/h4-9,19H,1-3H3,(H,20,21)(H,22,23). The van der Waals surface area contributed by atoms with E-state index in [1.165, 1.54) is 6.07 Å². The smallest absolute Gasteiger partial charge is 0.354 e. The Morgan fingerprint density at radius 1 is 1.35 bits per heavy atom. The summed E-state index contributed by atoms with van der Waals surface area (Å²) in [6.07, 6.45) is 0. The van der Waals surface area contributed by atoms with Crippen LogP contribution >= 0.6 is 11.6 Å². The monoisotopic (exact) mass is 331 g/mol. The van der Waals surface area contributed by atoms with Crippen molar-refractivity contribution in [1.29, 1.82) is 5.41 Å². The minimum atomic E-state index is -1.16. The summed E-state index contributed by atoms with van der Waals surface area (Å²) in [6, 6.07) is 8.87. The van der Waals surface area contributed by atoms with Crippen LogP contribution in [0.2, 0.25) is 5.02 Å². The number of rotatable bonds is 5. The zero-order chi connectivity index (χ0) is 17.1. The van der Waals surface area contributed by atoms with E-state index in [2.05, 4.69) is 10.3 Å². The predicted octanol–water partition coefficient (Wildman–Crippen LogP) is 4.51. The van der Waals surface area contributed by atoms with Crippen LogP contribution in [-0.4, -0.2) is 21.8 Å². The van der Waals surface area contributed by atoms with Crippen LogP contribution in [0.4, 0.5) is 11.5 Å². The van der Waals surface area contributed by atoms with Crippen LogP contribution < -0.4 is 5.32 Å². The summed E-state index contributed by atoms with van der Waals surface area (Å²) in [5, 5.41) is 20.7. The van der Waals surface area contributed by atoms with E-state index in [0.717, 1.165) is 11.3 Å². The first-order chi connectivity index (χ1) is 10.8. The molecule has 0 radical (unpaired) electrons. The molecule has 0 aliphatic carbocycles. The second-order valence-electron chi connectivity index (χ2n) is 5.58. The van der Waals surface area contributed by atoms with Gasteiger partial charge in [0.15, 0.2) is 5.69 Å². The molecule has 0 spiro atoms. The molecule has 120 valence electrons. The second-order valence-corrected chi connectivity index (χ2v) is 5.99. The molecule has 1 heterocycles. The molecular formula is C17H18ClN3O2. The Labute approximate surface area is 139 Å². The first-order valence-corrected chi connectivity index (χ1v) is 7.53. The summed E-state index contributed by atoms with van der Waals surface area (Å²) in [4.78, 5) is 15.3. The number of pyridine rings is 1. The normalized spacial score (nSPS) is 10.7. The number of nitrogens with zero attached hydrogens (tertiary/aromatic N) is 1. The summed E-state index contributed by atoms with van der Waals surface area (Å²) in [6.45, 7) is 5.71. The Kier molecular flexibility index (Phi) is 5.01. The van der Waals surface area contributed by atoms with E-state index in [9.17, 15) is 9.90 Å². The van der Waals surface area contributed by atoms with E-state index >= 15 is 0 Å². The molecule has 5 nitrogen and oxygen atoms in total. The summed E-state index contributed by atoms with van der Waals surface area (Å²) in [7, 11) is 0. The van der Waals surface area contributed by atoms with Crippen LogP contribution in [0.25, 0.3) is 0 Å². The van der Waals surface area contributed by atoms with Gasteiger partial charge in [-0.05, 0) is 36.6 Å². The van der Waals surface area contributed by atoms with Crippen molar-refractivity contribution >= 4 is 34.8 Å². The number of nitrogens with one attached hydrogen (secondary N) is 2. The Morgan fingerprint density at radius 3 is 2.61 bits per heavy atom. The molecule has 2 aromatic rings. The highest BCUT2D eigenvalue weighted by Crippen LogP contribution is 2.29. The Morgan fingerprint density at radius 2 is 2.04 bits per heavy atom. The van der Waals surface area contributed by atoms with Crippen molar-refractivity contribution in [1.82, 2.24) is 4.98 Å². The zero-order valence-electron chi connectivity index (χ0n) is 13.1. The second kappa shape index (κ2) is 6.79. The Bertz CT molecular complexity index is 772. The number of hydrogen-bond acceptors (Lipinski definition) is 4. The molecule has 23 heavy (non-hydrogen) atoms. The number of carboxylic acid groups (broad SMARTS) is 1. The van der Waals surface area contributed by atoms with Crippen molar-refractivity contribution < 1.29 is 9.90 Å². The first kappa shape index (κ1) is 17.0. The van der Waals surface area contributed by atoms with Crippen molar-refractivity contribution in [3.8, 4) is 0 Å². The lowest BCUT2D eigenvalue weighted by Gasteiger charge is -2.16. The third-order valence-electron chi connectivity index (χ3n) is 3.32. The topological polar surface area (TPSA) is 86.1 Å². The van der Waals surface area contributed by atoms with Gasteiger partial charge in [0, 0.05) is 11.4 Å². The van der Waals surface area contributed by atoms with E-state index in [-0.39, 0.29) is 22.5 Å². The van der Waals surface area contributed by atoms with Crippen molar-refractivity contribution in [2.75, 3.05) is 5.32 Å². The van der Waals surface area contributed by atoms with E-state index < -0.39 is 5.97 Å². The molecule has 0 fully saturated rings. The molecule has 1 aromatic carbocycles. The van der Waals surface area contributed by atoms with E-state index in [4.69, 9.17) is 17.0 Å². The van der Waals surface area contributed by atoms with Gasteiger partial charge in [0.1, 0.15) is 5.82 Å². The number of aromatic carboxylic acids is 1. The SMILES string of the molecule is Cc1cccc(Nc2nc(C(=O)O)cc(Cl)c2C(=N)C(C)C)c1. The van der Waals surface area contributed by atoms with Gasteiger partial charge in [0.25, 0.3) is 0 Å². The maximum atomic E-state index is 11.2. The number of aryl methyl sites for hydroxylation is 1. The zero-order valence-corrected chi connectivity index (χ0v) is 13.9. The molecule has 0 saturated carbocycles. The van der Waals surface area contributed by atoms with E-state index in [1.807, 2.05) is 45.0 Å². The molecule has 3 N–H and O–H groups in total. The molecule has 0 bridgehead atoms. The van der Waals surface area contributed by atoms with Gasteiger partial charge in [-0.1, -0.05) is 37.6 Å². The third-order valence-corrected chi connectivity index (χ3v) is 3.62. The Hall–Kier alpha value is -2.40. The predicted molar refractivity (Wildman–Crippen MR) is 92.3 cm³/mol. The van der Waals surface area contributed by atoms with Crippen molar-refractivity contribution in [3.05, 3.63) is 52.2 Å². The van der Waals surface area contributed by atoms with Gasteiger partial charge in [0.2, 0.25) is 0 Å². The number of carbonyl (C=O) groups is 1. The summed E-state index contributed by atoms with van der Waals surface area (Å²) >= 11 is 6.23. The van der Waals surface area contributed by atoms with Gasteiger partial charge >= 0.3 is 5.97 Å². The van der Waals surface area contributed by atoms with E-state index in [1.54, 1.807) is 0 Å². The van der Waals surface area contributed by atoms with Gasteiger partial charge in [-0.15, -0.1) is 0 Å². The average molecular weight is 332 g/mol. The number of anilines is 2. The number of benzene rings is 1. The molecule has 0 aliphatic heterocycles. The van der Waals surface area contributed by atoms with Crippen molar-refractivity contribution in [3.63, 3.8) is 0 Å². The molecule has 0 saturated heterocycles. The quantitative estimate of drug-likeness (QED) is 0.703. The van der Waals surface area contributed by atoms with Crippen molar-refractivity contribution in [2.24, 2.45) is 5.92 Å². The fourth-order valence-electron chi connectivity index (χ4n) is 2.12. The van der Waals surface area contributed by atoms with Crippen LogP contribution in [-0.2, 0) is 0 Å². The lowest BCUT2D eigenvalue weighted by atomic mass is 10.00.